The van der Waals surface area contributed by atoms with Crippen molar-refractivity contribution in [3.8, 4) is 0 Å². The molecule has 0 saturated carbocycles. The first-order valence-corrected chi connectivity index (χ1v) is 14.0. The topological polar surface area (TPSA) is 115 Å². The van der Waals surface area contributed by atoms with Crippen molar-refractivity contribution in [2.45, 2.75) is 38.5 Å². The minimum absolute atomic E-state index is 0.0796. The summed E-state index contributed by atoms with van der Waals surface area (Å²) >= 11 is 0. The Kier molecular flexibility index (Phi) is 8.55. The van der Waals surface area contributed by atoms with Crippen LogP contribution in [0, 0.1) is 5.82 Å². The zero-order chi connectivity index (χ0) is 31.8. The molecule has 1 fully saturated rings. The maximum absolute atomic E-state index is 15.8. The number of likely N-dealkylation sites (N-methyl/N-ethyl adjacent to an activating group) is 1. The first kappa shape index (κ1) is 30.9. The van der Waals surface area contributed by atoms with Crippen molar-refractivity contribution in [2.75, 3.05) is 48.3 Å². The normalized spacial score (nSPS) is 19.5. The summed E-state index contributed by atoms with van der Waals surface area (Å²) in [5.41, 5.74) is -1.46. The predicted octanol–water partition coefficient (Wildman–Crippen LogP) is 4.21. The smallest absolute Gasteiger partial charge is 0.367 e. The number of nitrogens with one attached hydrogen (secondary N) is 2. The first-order valence-electron chi connectivity index (χ1n) is 14.0. The van der Waals surface area contributed by atoms with Crippen molar-refractivity contribution >= 4 is 35.1 Å². The van der Waals surface area contributed by atoms with Gasteiger partial charge < -0.3 is 20.1 Å². The summed E-state index contributed by atoms with van der Waals surface area (Å²) in [6.45, 7) is 5.80. The highest BCUT2D eigenvalue weighted by atomic mass is 19.4. The fraction of sp³-hybridized carbons (Fsp3) is 0.367. The van der Waals surface area contributed by atoms with E-state index in [1.165, 1.54) is 24.5 Å². The van der Waals surface area contributed by atoms with Gasteiger partial charge in [-0.1, -0.05) is 6.08 Å². The summed E-state index contributed by atoms with van der Waals surface area (Å²) in [5.74, 6) is -1.22. The van der Waals surface area contributed by atoms with E-state index in [0.29, 0.717) is 67.7 Å². The summed E-state index contributed by atoms with van der Waals surface area (Å²) in [6, 6.07) is 3.25. The van der Waals surface area contributed by atoms with E-state index in [1.807, 2.05) is 30.7 Å². The number of rotatable bonds is 6. The number of alkyl halides is 3. The monoisotopic (exact) mass is 613 g/mol. The van der Waals surface area contributed by atoms with E-state index in [2.05, 4.69) is 25.2 Å². The van der Waals surface area contributed by atoms with Crippen LogP contribution >= 0.6 is 0 Å². The number of aromatic nitrogens is 3. The van der Waals surface area contributed by atoms with Gasteiger partial charge in [-0.3, -0.25) is 19.3 Å². The molecule has 2 atom stereocenters. The van der Waals surface area contributed by atoms with E-state index in [-0.39, 0.29) is 23.3 Å². The number of carbonyl (C=O) groups excluding carboxylic acids is 2. The molecule has 4 heterocycles. The van der Waals surface area contributed by atoms with E-state index in [0.717, 1.165) is 6.20 Å². The summed E-state index contributed by atoms with van der Waals surface area (Å²) < 4.78 is 57.0. The van der Waals surface area contributed by atoms with Crippen LogP contribution in [0.15, 0.2) is 47.7 Å². The zero-order valence-corrected chi connectivity index (χ0v) is 24.3. The SMILES string of the molecule is C[C@@H]1CN(c2cc(F)c(C3=CCN(c4ncc(C=O)cn4)CC3)cc2NC(=O)c2c[nH]c(=O)cc2C(F)(F)F)C[C@H](C)N1C. The molecular formula is C30H31F4N7O3. The summed E-state index contributed by atoms with van der Waals surface area (Å²) in [4.78, 5) is 52.3. The average Bonchev–Trinajstić information content (AvgIpc) is 3.00. The Bertz CT molecular complexity index is 1640. The molecule has 1 amide bonds. The van der Waals surface area contributed by atoms with Crippen LogP contribution < -0.4 is 20.7 Å². The molecule has 2 N–H and O–H groups in total. The average molecular weight is 614 g/mol. The van der Waals surface area contributed by atoms with Gasteiger partial charge in [0.1, 0.15) is 5.82 Å². The van der Waals surface area contributed by atoms with Crippen molar-refractivity contribution in [1.29, 1.82) is 0 Å². The molecule has 0 spiro atoms. The fourth-order valence-corrected chi connectivity index (χ4v) is 5.51. The number of piperazine rings is 1. The number of aldehydes is 1. The molecule has 3 aromatic rings. The summed E-state index contributed by atoms with van der Waals surface area (Å²) in [5, 5.41) is 2.58. The van der Waals surface area contributed by atoms with Gasteiger partial charge in [0.05, 0.1) is 28.1 Å². The molecule has 2 aliphatic heterocycles. The van der Waals surface area contributed by atoms with Gasteiger partial charge in [0, 0.05) is 68.5 Å². The molecule has 2 aromatic heterocycles. The third kappa shape index (κ3) is 6.34. The summed E-state index contributed by atoms with van der Waals surface area (Å²) in [7, 11) is 1.98. The maximum atomic E-state index is 15.8. The van der Waals surface area contributed by atoms with Crippen molar-refractivity contribution < 1.29 is 27.2 Å². The molecule has 0 aliphatic carbocycles. The number of aromatic amines is 1. The zero-order valence-electron chi connectivity index (χ0n) is 24.3. The third-order valence-electron chi connectivity index (χ3n) is 8.14. The van der Waals surface area contributed by atoms with E-state index >= 15 is 4.39 Å². The van der Waals surface area contributed by atoms with Crippen LogP contribution in [0.1, 0.15) is 52.1 Å². The number of nitrogens with zero attached hydrogens (tertiary/aromatic N) is 5. The van der Waals surface area contributed by atoms with Crippen molar-refractivity contribution in [1.82, 2.24) is 19.9 Å². The number of carbonyl (C=O) groups is 2. The van der Waals surface area contributed by atoms with Gasteiger partial charge in [-0.2, -0.15) is 13.2 Å². The Hall–Kier alpha value is -4.59. The minimum atomic E-state index is -4.95. The molecule has 14 heteroatoms. The first-order chi connectivity index (χ1) is 20.8. The lowest BCUT2D eigenvalue weighted by atomic mass is 9.97. The molecule has 232 valence electrons. The Morgan fingerprint density at radius 3 is 2.36 bits per heavy atom. The van der Waals surface area contributed by atoms with Crippen molar-refractivity contribution in [2.24, 2.45) is 0 Å². The Labute approximate surface area is 250 Å². The van der Waals surface area contributed by atoms with Crippen molar-refractivity contribution in [3.05, 3.63) is 81.3 Å². The molecule has 1 aromatic carbocycles. The number of H-pyrrole nitrogens is 1. The Morgan fingerprint density at radius 1 is 1.09 bits per heavy atom. The Morgan fingerprint density at radius 2 is 1.77 bits per heavy atom. The van der Waals surface area contributed by atoms with Gasteiger partial charge in [0.15, 0.2) is 6.29 Å². The van der Waals surface area contributed by atoms with E-state index in [9.17, 15) is 27.6 Å². The van der Waals surface area contributed by atoms with E-state index < -0.39 is 34.6 Å². The lowest BCUT2D eigenvalue weighted by Gasteiger charge is -2.44. The molecule has 0 bridgehead atoms. The quantitative estimate of drug-likeness (QED) is 0.314. The highest BCUT2D eigenvalue weighted by Crippen LogP contribution is 2.37. The number of benzene rings is 1. The fourth-order valence-electron chi connectivity index (χ4n) is 5.51. The second-order valence-electron chi connectivity index (χ2n) is 11.1. The number of hydrogen-bond acceptors (Lipinski definition) is 8. The van der Waals surface area contributed by atoms with Gasteiger partial charge in [-0.05, 0) is 45.0 Å². The second-order valence-corrected chi connectivity index (χ2v) is 11.1. The van der Waals surface area contributed by atoms with Crippen molar-refractivity contribution in [3.63, 3.8) is 0 Å². The van der Waals surface area contributed by atoms with Gasteiger partial charge >= 0.3 is 6.18 Å². The van der Waals surface area contributed by atoms with E-state index in [1.54, 1.807) is 6.08 Å². The molecule has 0 unspecified atom stereocenters. The highest BCUT2D eigenvalue weighted by molar-refractivity contribution is 6.07. The standard InChI is InChI=1S/C30H31F4N7O3/c1-17-14-41(15-18(2)39(17)3)26-10-24(31)21(20-4-6-40(7-5-20)29-36-11-19(16-42)12-37-29)8-25(26)38-28(44)22-13-35-27(43)9-23(22)30(32,33)34/h4,8-13,16-18H,5-7,14-15H2,1-3H3,(H,35,43)(H,38,44)/t17-,18+. The van der Waals surface area contributed by atoms with Gasteiger partial charge in [0.25, 0.3) is 5.91 Å². The largest absolute Gasteiger partial charge is 0.417 e. The molecule has 44 heavy (non-hydrogen) atoms. The van der Waals surface area contributed by atoms with Gasteiger partial charge in [0.2, 0.25) is 11.5 Å². The number of halogens is 4. The van der Waals surface area contributed by atoms with E-state index in [4.69, 9.17) is 0 Å². The molecule has 0 radical (unpaired) electrons. The van der Waals surface area contributed by atoms with Crippen LogP contribution in [0.25, 0.3) is 5.57 Å². The highest BCUT2D eigenvalue weighted by Gasteiger charge is 2.36. The number of amides is 1. The van der Waals surface area contributed by atoms with Crippen LogP contribution in [0.3, 0.4) is 0 Å². The second kappa shape index (κ2) is 12.2. The van der Waals surface area contributed by atoms with Crippen LogP contribution in [0.5, 0.6) is 0 Å². The van der Waals surface area contributed by atoms with Gasteiger partial charge in [-0.15, -0.1) is 0 Å². The molecule has 1 saturated heterocycles. The number of hydrogen-bond donors (Lipinski definition) is 2. The van der Waals surface area contributed by atoms with Crippen LogP contribution in [-0.4, -0.2) is 77.4 Å². The summed E-state index contributed by atoms with van der Waals surface area (Å²) in [6.07, 6.45) is 1.44. The predicted molar refractivity (Wildman–Crippen MR) is 158 cm³/mol. The number of anilines is 3. The third-order valence-corrected chi connectivity index (χ3v) is 8.14. The van der Waals surface area contributed by atoms with Crippen LogP contribution in [0.2, 0.25) is 0 Å². The number of pyridine rings is 1. The lowest BCUT2D eigenvalue weighted by molar-refractivity contribution is -0.138. The Balaban J connectivity index is 1.51. The van der Waals surface area contributed by atoms with Gasteiger partial charge in [-0.25, -0.2) is 14.4 Å². The molecular weight excluding hydrogens is 582 g/mol. The van der Waals surface area contributed by atoms with Crippen LogP contribution in [0.4, 0.5) is 34.9 Å². The maximum Gasteiger partial charge on any atom is 0.417 e. The molecule has 2 aliphatic rings. The molecule has 5 rings (SSSR count). The minimum Gasteiger partial charge on any atom is -0.367 e. The lowest BCUT2D eigenvalue weighted by Crippen LogP contribution is -2.55. The van der Waals surface area contributed by atoms with Crippen LogP contribution in [-0.2, 0) is 6.18 Å². The molecule has 10 nitrogen and oxygen atoms in total.